The normalized spacial score (nSPS) is 21.0. The fourth-order valence-corrected chi connectivity index (χ4v) is 3.45. The van der Waals surface area contributed by atoms with Gasteiger partial charge in [0.2, 0.25) is 5.91 Å². The molecule has 138 valence electrons. The summed E-state index contributed by atoms with van der Waals surface area (Å²) < 4.78 is 10.7. The summed E-state index contributed by atoms with van der Waals surface area (Å²) in [6, 6.07) is 7.95. The second-order valence-electron chi connectivity index (χ2n) is 6.90. The number of benzene rings is 1. The van der Waals surface area contributed by atoms with E-state index in [-0.39, 0.29) is 11.8 Å². The van der Waals surface area contributed by atoms with Gasteiger partial charge in [0, 0.05) is 39.4 Å². The maximum atomic E-state index is 12.3. The summed E-state index contributed by atoms with van der Waals surface area (Å²) in [6.45, 7) is 6.41. The van der Waals surface area contributed by atoms with Crippen LogP contribution in [0.25, 0.3) is 0 Å². The lowest BCUT2D eigenvalue weighted by molar-refractivity contribution is -0.124. The Labute approximate surface area is 149 Å². The Balaban J connectivity index is 1.48. The average molecular weight is 347 g/mol. The molecule has 2 fully saturated rings. The van der Waals surface area contributed by atoms with Crippen molar-refractivity contribution in [1.82, 2.24) is 10.2 Å². The molecule has 0 aromatic heterocycles. The number of carbonyl (C=O) groups excluding carboxylic acids is 1. The van der Waals surface area contributed by atoms with Crippen LogP contribution in [0, 0.1) is 5.92 Å². The van der Waals surface area contributed by atoms with Crippen LogP contribution in [0.4, 0.5) is 0 Å². The Morgan fingerprint density at radius 2 is 1.84 bits per heavy atom. The highest BCUT2D eigenvalue weighted by molar-refractivity contribution is 5.81. The lowest BCUT2D eigenvalue weighted by atomic mass is 9.92. The topological polar surface area (TPSA) is 76.8 Å². The fourth-order valence-electron chi connectivity index (χ4n) is 3.45. The Morgan fingerprint density at radius 3 is 2.60 bits per heavy atom. The molecule has 0 aliphatic carbocycles. The van der Waals surface area contributed by atoms with E-state index in [1.165, 1.54) is 5.56 Å². The van der Waals surface area contributed by atoms with Gasteiger partial charge in [-0.15, -0.1) is 0 Å². The molecule has 0 radical (unpaired) electrons. The van der Waals surface area contributed by atoms with Crippen molar-refractivity contribution in [2.24, 2.45) is 11.7 Å². The average Bonchev–Trinajstić information content (AvgIpc) is 2.67. The van der Waals surface area contributed by atoms with Gasteiger partial charge in [-0.3, -0.25) is 9.69 Å². The standard InChI is InChI=1S/C19H29N3O3/c20-18(17-4-8-24-9-5-17)19(23)21-13-15-2-1-3-16(12-15)14-22-6-10-25-11-7-22/h1-3,12,17-18H,4-11,13-14,20H2,(H,21,23). The third-order valence-electron chi connectivity index (χ3n) is 5.04. The summed E-state index contributed by atoms with van der Waals surface area (Å²) in [6.07, 6.45) is 1.73. The summed E-state index contributed by atoms with van der Waals surface area (Å²) in [5, 5.41) is 2.99. The van der Waals surface area contributed by atoms with Crippen LogP contribution in [0.2, 0.25) is 0 Å². The number of nitrogens with two attached hydrogens (primary N) is 1. The molecule has 25 heavy (non-hydrogen) atoms. The van der Waals surface area contributed by atoms with Crippen molar-refractivity contribution in [2.45, 2.75) is 32.0 Å². The number of hydrogen-bond acceptors (Lipinski definition) is 5. The Kier molecular flexibility index (Phi) is 6.81. The van der Waals surface area contributed by atoms with Crippen molar-refractivity contribution < 1.29 is 14.3 Å². The first-order chi connectivity index (χ1) is 12.2. The van der Waals surface area contributed by atoms with Crippen molar-refractivity contribution in [3.8, 4) is 0 Å². The number of morpholine rings is 1. The predicted molar refractivity (Wildman–Crippen MR) is 95.9 cm³/mol. The number of nitrogens with zero attached hydrogens (tertiary/aromatic N) is 1. The number of nitrogens with one attached hydrogen (secondary N) is 1. The second kappa shape index (κ2) is 9.29. The van der Waals surface area contributed by atoms with E-state index in [9.17, 15) is 4.79 Å². The Hall–Kier alpha value is -1.47. The van der Waals surface area contributed by atoms with Crippen LogP contribution in [0.5, 0.6) is 0 Å². The van der Waals surface area contributed by atoms with Gasteiger partial charge in [0.1, 0.15) is 0 Å². The molecule has 0 spiro atoms. The number of hydrogen-bond donors (Lipinski definition) is 2. The zero-order chi connectivity index (χ0) is 17.5. The van der Waals surface area contributed by atoms with Crippen molar-refractivity contribution in [3.05, 3.63) is 35.4 Å². The lowest BCUT2D eigenvalue weighted by Crippen LogP contribution is -2.46. The molecular formula is C19H29N3O3. The molecule has 1 amide bonds. The SMILES string of the molecule is NC(C(=O)NCc1cccc(CN2CCOCC2)c1)C1CCOCC1. The summed E-state index contributed by atoms with van der Waals surface area (Å²) >= 11 is 0. The van der Waals surface area contributed by atoms with Gasteiger partial charge in [-0.2, -0.15) is 0 Å². The molecule has 1 aromatic carbocycles. The van der Waals surface area contributed by atoms with Gasteiger partial charge in [0.05, 0.1) is 19.3 Å². The van der Waals surface area contributed by atoms with Crippen LogP contribution in [-0.4, -0.2) is 56.4 Å². The zero-order valence-electron chi connectivity index (χ0n) is 14.8. The summed E-state index contributed by atoms with van der Waals surface area (Å²) in [5.41, 5.74) is 8.50. The van der Waals surface area contributed by atoms with Crippen LogP contribution in [0.3, 0.4) is 0 Å². The number of rotatable bonds is 6. The van der Waals surface area contributed by atoms with Crippen molar-refractivity contribution in [3.63, 3.8) is 0 Å². The molecule has 6 heteroatoms. The van der Waals surface area contributed by atoms with Gasteiger partial charge in [0.15, 0.2) is 0 Å². The summed E-state index contributed by atoms with van der Waals surface area (Å²) in [7, 11) is 0. The van der Waals surface area contributed by atoms with Gasteiger partial charge in [-0.05, 0) is 29.9 Å². The Bertz CT molecular complexity index is 555. The molecule has 2 heterocycles. The van der Waals surface area contributed by atoms with Gasteiger partial charge in [-0.1, -0.05) is 24.3 Å². The van der Waals surface area contributed by atoms with Gasteiger partial charge in [0.25, 0.3) is 0 Å². The fraction of sp³-hybridized carbons (Fsp3) is 0.632. The molecule has 1 atom stereocenters. The highest BCUT2D eigenvalue weighted by Crippen LogP contribution is 2.18. The largest absolute Gasteiger partial charge is 0.381 e. The third-order valence-corrected chi connectivity index (χ3v) is 5.04. The first kappa shape index (κ1) is 18.3. The van der Waals surface area contributed by atoms with Crippen molar-refractivity contribution in [2.75, 3.05) is 39.5 Å². The molecular weight excluding hydrogens is 318 g/mol. The highest BCUT2D eigenvalue weighted by Gasteiger charge is 2.26. The molecule has 1 aromatic rings. The van der Waals surface area contributed by atoms with E-state index in [1.54, 1.807) is 0 Å². The van der Waals surface area contributed by atoms with Crippen molar-refractivity contribution >= 4 is 5.91 Å². The molecule has 2 aliphatic rings. The quantitative estimate of drug-likeness (QED) is 0.799. The predicted octanol–water partition coefficient (Wildman–Crippen LogP) is 0.889. The number of ether oxygens (including phenoxy) is 2. The minimum absolute atomic E-state index is 0.0644. The first-order valence-corrected chi connectivity index (χ1v) is 9.21. The van der Waals surface area contributed by atoms with E-state index in [4.69, 9.17) is 15.2 Å². The molecule has 0 bridgehead atoms. The summed E-state index contributed by atoms with van der Waals surface area (Å²) in [4.78, 5) is 14.7. The molecule has 2 saturated heterocycles. The first-order valence-electron chi connectivity index (χ1n) is 9.21. The van der Waals surface area contributed by atoms with Gasteiger partial charge >= 0.3 is 0 Å². The van der Waals surface area contributed by atoms with E-state index < -0.39 is 6.04 Å². The van der Waals surface area contributed by atoms with Crippen LogP contribution in [0.1, 0.15) is 24.0 Å². The Morgan fingerprint density at radius 1 is 1.16 bits per heavy atom. The molecule has 3 rings (SSSR count). The number of carbonyl (C=O) groups is 1. The minimum atomic E-state index is -0.444. The number of amides is 1. The molecule has 6 nitrogen and oxygen atoms in total. The van der Waals surface area contributed by atoms with Crippen LogP contribution >= 0.6 is 0 Å². The van der Waals surface area contributed by atoms with Crippen LogP contribution in [0.15, 0.2) is 24.3 Å². The van der Waals surface area contributed by atoms with Crippen LogP contribution in [-0.2, 0) is 27.4 Å². The molecule has 1 unspecified atom stereocenters. The molecule has 0 saturated carbocycles. The van der Waals surface area contributed by atoms with E-state index in [2.05, 4.69) is 28.4 Å². The van der Waals surface area contributed by atoms with Gasteiger partial charge in [-0.25, -0.2) is 0 Å². The lowest BCUT2D eigenvalue weighted by Gasteiger charge is -2.27. The maximum Gasteiger partial charge on any atom is 0.237 e. The molecule has 3 N–H and O–H groups in total. The monoisotopic (exact) mass is 347 g/mol. The van der Waals surface area contributed by atoms with Gasteiger partial charge < -0.3 is 20.5 Å². The van der Waals surface area contributed by atoms with E-state index >= 15 is 0 Å². The highest BCUT2D eigenvalue weighted by atomic mass is 16.5. The van der Waals surface area contributed by atoms with E-state index in [0.717, 1.165) is 51.3 Å². The van der Waals surface area contributed by atoms with E-state index in [0.29, 0.717) is 19.8 Å². The van der Waals surface area contributed by atoms with Crippen molar-refractivity contribution in [1.29, 1.82) is 0 Å². The molecule has 2 aliphatic heterocycles. The summed E-state index contributed by atoms with van der Waals surface area (Å²) in [5.74, 6) is 0.159. The second-order valence-corrected chi connectivity index (χ2v) is 6.90. The minimum Gasteiger partial charge on any atom is -0.381 e. The zero-order valence-corrected chi connectivity index (χ0v) is 14.8. The smallest absolute Gasteiger partial charge is 0.237 e. The van der Waals surface area contributed by atoms with Crippen LogP contribution < -0.4 is 11.1 Å². The van der Waals surface area contributed by atoms with E-state index in [1.807, 2.05) is 6.07 Å². The maximum absolute atomic E-state index is 12.3. The third kappa shape index (κ3) is 5.51.